The number of nitrogens with one attached hydrogen (secondary N) is 1. The molecule has 0 amide bonds. The largest absolute Gasteiger partial charge is 0.507 e. The second-order valence-corrected chi connectivity index (χ2v) is 4.50. The Morgan fingerprint density at radius 1 is 1.16 bits per heavy atom. The van der Waals surface area contributed by atoms with Gasteiger partial charge >= 0.3 is 0 Å². The topological polar surface area (TPSA) is 58.0 Å². The summed E-state index contributed by atoms with van der Waals surface area (Å²) in [5.74, 6) is 0.921. The Hall–Kier alpha value is -2.36. The van der Waals surface area contributed by atoms with Crippen LogP contribution in [0.25, 0.3) is 5.57 Å². The van der Waals surface area contributed by atoms with Crippen molar-refractivity contribution in [1.82, 2.24) is 9.97 Å². The number of allylic oxidation sites excluding steroid dienone is 1. The number of phenols is 1. The van der Waals surface area contributed by atoms with Gasteiger partial charge in [0.25, 0.3) is 0 Å². The highest BCUT2D eigenvalue weighted by atomic mass is 16.3. The zero-order valence-corrected chi connectivity index (χ0v) is 11.3. The molecule has 4 nitrogen and oxygen atoms in total. The van der Waals surface area contributed by atoms with Crippen molar-refractivity contribution in [1.29, 1.82) is 0 Å². The minimum Gasteiger partial charge on any atom is -0.507 e. The third-order valence-electron chi connectivity index (χ3n) is 2.93. The normalized spacial score (nSPS) is 11.4. The van der Waals surface area contributed by atoms with Gasteiger partial charge in [-0.2, -0.15) is 0 Å². The minimum absolute atomic E-state index is 0.357. The van der Waals surface area contributed by atoms with Crippen LogP contribution in [0.2, 0.25) is 0 Å². The van der Waals surface area contributed by atoms with Crippen molar-refractivity contribution in [3.8, 4) is 5.75 Å². The molecule has 4 heteroatoms. The van der Waals surface area contributed by atoms with Crippen molar-refractivity contribution < 1.29 is 5.11 Å². The fraction of sp³-hybridized carbons (Fsp3) is 0.200. The number of hydrogen-bond donors (Lipinski definition) is 2. The maximum atomic E-state index is 9.77. The number of aromatic hydroxyl groups is 1. The van der Waals surface area contributed by atoms with E-state index >= 15 is 0 Å². The van der Waals surface area contributed by atoms with E-state index in [0.717, 1.165) is 22.3 Å². The molecule has 0 radical (unpaired) electrons. The van der Waals surface area contributed by atoms with Gasteiger partial charge in [0.1, 0.15) is 5.75 Å². The number of aromatic nitrogens is 2. The summed E-state index contributed by atoms with van der Waals surface area (Å²) in [6.45, 7) is 5.79. The first-order valence-electron chi connectivity index (χ1n) is 6.09. The molecule has 0 spiro atoms. The SMILES string of the molecule is C/C(=C\Nc1ncccn1)c1cc(C)c(O)c(C)c1. The van der Waals surface area contributed by atoms with E-state index < -0.39 is 0 Å². The standard InChI is InChI=1S/C15H17N3O/c1-10-7-13(8-11(2)14(10)19)12(3)9-18-15-16-5-4-6-17-15/h4-9,19H,1-3H3,(H,16,17,18)/b12-9+. The van der Waals surface area contributed by atoms with Gasteiger partial charge < -0.3 is 10.4 Å². The van der Waals surface area contributed by atoms with Gasteiger partial charge in [0.05, 0.1) is 0 Å². The van der Waals surface area contributed by atoms with Crippen LogP contribution in [-0.4, -0.2) is 15.1 Å². The van der Waals surface area contributed by atoms with Gasteiger partial charge in [-0.1, -0.05) is 0 Å². The quantitative estimate of drug-likeness (QED) is 0.883. The molecule has 2 N–H and O–H groups in total. The monoisotopic (exact) mass is 255 g/mol. The van der Waals surface area contributed by atoms with Gasteiger partial charge in [-0.15, -0.1) is 0 Å². The molecule has 1 aromatic heterocycles. The molecule has 98 valence electrons. The highest BCUT2D eigenvalue weighted by molar-refractivity contribution is 5.68. The summed E-state index contributed by atoms with van der Waals surface area (Å²) in [7, 11) is 0. The summed E-state index contributed by atoms with van der Waals surface area (Å²) >= 11 is 0. The number of nitrogens with zero attached hydrogens (tertiary/aromatic N) is 2. The average molecular weight is 255 g/mol. The summed E-state index contributed by atoms with van der Waals surface area (Å²) in [6.07, 6.45) is 5.24. The lowest BCUT2D eigenvalue weighted by molar-refractivity contribution is 0.467. The molecule has 1 aromatic carbocycles. The summed E-state index contributed by atoms with van der Waals surface area (Å²) in [6, 6.07) is 5.69. The van der Waals surface area contributed by atoms with Crippen LogP contribution < -0.4 is 5.32 Å². The van der Waals surface area contributed by atoms with E-state index in [1.165, 1.54) is 0 Å². The van der Waals surface area contributed by atoms with E-state index in [2.05, 4.69) is 15.3 Å². The molecule has 1 heterocycles. The van der Waals surface area contributed by atoms with E-state index in [0.29, 0.717) is 11.7 Å². The highest BCUT2D eigenvalue weighted by Gasteiger charge is 2.04. The summed E-state index contributed by atoms with van der Waals surface area (Å²) in [5, 5.41) is 12.8. The Morgan fingerprint density at radius 2 is 1.74 bits per heavy atom. The molecular formula is C15H17N3O. The Balaban J connectivity index is 2.22. The zero-order chi connectivity index (χ0) is 13.8. The summed E-state index contributed by atoms with van der Waals surface area (Å²) < 4.78 is 0. The molecular weight excluding hydrogens is 238 g/mol. The van der Waals surface area contributed by atoms with E-state index in [4.69, 9.17) is 0 Å². The van der Waals surface area contributed by atoms with Crippen molar-refractivity contribution in [3.05, 3.63) is 53.5 Å². The Kier molecular flexibility index (Phi) is 3.80. The molecule has 0 saturated heterocycles. The van der Waals surface area contributed by atoms with Crippen molar-refractivity contribution in [2.24, 2.45) is 0 Å². The molecule has 0 aliphatic rings. The molecule has 0 aliphatic carbocycles. The Bertz CT molecular complexity index is 583. The fourth-order valence-electron chi connectivity index (χ4n) is 1.81. The van der Waals surface area contributed by atoms with Crippen molar-refractivity contribution in [3.63, 3.8) is 0 Å². The second-order valence-electron chi connectivity index (χ2n) is 4.50. The predicted molar refractivity (Wildman–Crippen MR) is 76.9 cm³/mol. The lowest BCUT2D eigenvalue weighted by Gasteiger charge is -2.08. The zero-order valence-electron chi connectivity index (χ0n) is 11.3. The number of hydrogen-bond acceptors (Lipinski definition) is 4. The van der Waals surface area contributed by atoms with Crippen LogP contribution >= 0.6 is 0 Å². The minimum atomic E-state index is 0.357. The Morgan fingerprint density at radius 3 is 2.32 bits per heavy atom. The van der Waals surface area contributed by atoms with Crippen LogP contribution in [0.4, 0.5) is 5.95 Å². The summed E-state index contributed by atoms with van der Waals surface area (Å²) in [5.41, 5.74) is 3.87. The Labute approximate surface area is 112 Å². The number of rotatable bonds is 3. The smallest absolute Gasteiger partial charge is 0.226 e. The number of benzene rings is 1. The first kappa shape index (κ1) is 13.1. The highest BCUT2D eigenvalue weighted by Crippen LogP contribution is 2.26. The molecule has 19 heavy (non-hydrogen) atoms. The molecule has 2 rings (SSSR count). The summed E-state index contributed by atoms with van der Waals surface area (Å²) in [4.78, 5) is 8.17. The molecule has 2 aromatic rings. The van der Waals surface area contributed by atoms with Gasteiger partial charge in [0, 0.05) is 18.6 Å². The fourth-order valence-corrected chi connectivity index (χ4v) is 1.81. The maximum absolute atomic E-state index is 9.77. The third-order valence-corrected chi connectivity index (χ3v) is 2.93. The van der Waals surface area contributed by atoms with E-state index in [1.54, 1.807) is 18.5 Å². The molecule has 0 saturated carbocycles. The molecule has 0 fully saturated rings. The van der Waals surface area contributed by atoms with Gasteiger partial charge in [0.2, 0.25) is 5.95 Å². The van der Waals surface area contributed by atoms with Crippen LogP contribution in [0, 0.1) is 13.8 Å². The van der Waals surface area contributed by atoms with Gasteiger partial charge in [-0.05, 0) is 61.2 Å². The molecule has 0 aliphatic heterocycles. The van der Waals surface area contributed by atoms with Crippen molar-refractivity contribution >= 4 is 11.5 Å². The maximum Gasteiger partial charge on any atom is 0.226 e. The lowest BCUT2D eigenvalue weighted by atomic mass is 10.0. The van der Waals surface area contributed by atoms with Crippen LogP contribution in [-0.2, 0) is 0 Å². The van der Waals surface area contributed by atoms with Gasteiger partial charge in [-0.3, -0.25) is 0 Å². The van der Waals surface area contributed by atoms with Crippen molar-refractivity contribution in [2.45, 2.75) is 20.8 Å². The van der Waals surface area contributed by atoms with Crippen LogP contribution in [0.1, 0.15) is 23.6 Å². The molecule has 0 unspecified atom stereocenters. The van der Waals surface area contributed by atoms with Gasteiger partial charge in [-0.25, -0.2) is 9.97 Å². The van der Waals surface area contributed by atoms with Crippen LogP contribution in [0.3, 0.4) is 0 Å². The van der Waals surface area contributed by atoms with Gasteiger partial charge in [0.15, 0.2) is 0 Å². The van der Waals surface area contributed by atoms with E-state index in [9.17, 15) is 5.11 Å². The number of phenolic OH excluding ortho intramolecular Hbond substituents is 1. The first-order chi connectivity index (χ1) is 9.08. The molecule has 0 atom stereocenters. The number of anilines is 1. The average Bonchev–Trinajstić information content (AvgIpc) is 2.42. The number of aryl methyl sites for hydroxylation is 2. The first-order valence-corrected chi connectivity index (χ1v) is 6.09. The predicted octanol–water partition coefficient (Wildman–Crippen LogP) is 3.27. The van der Waals surface area contributed by atoms with E-state index in [-0.39, 0.29) is 0 Å². The van der Waals surface area contributed by atoms with Crippen LogP contribution in [0.15, 0.2) is 36.8 Å². The van der Waals surface area contributed by atoms with Crippen LogP contribution in [0.5, 0.6) is 5.75 Å². The molecule has 0 bridgehead atoms. The van der Waals surface area contributed by atoms with Crippen molar-refractivity contribution in [2.75, 3.05) is 5.32 Å². The van der Waals surface area contributed by atoms with E-state index in [1.807, 2.05) is 39.1 Å². The third kappa shape index (κ3) is 3.10. The lowest BCUT2D eigenvalue weighted by Crippen LogP contribution is -1.95. The second kappa shape index (κ2) is 5.52.